The molecule has 0 aliphatic carbocycles. The van der Waals surface area contributed by atoms with Crippen LogP contribution in [-0.2, 0) is 0 Å². The van der Waals surface area contributed by atoms with Crippen molar-refractivity contribution in [2.75, 3.05) is 0 Å². The van der Waals surface area contributed by atoms with Gasteiger partial charge in [0.1, 0.15) is 5.82 Å². The highest BCUT2D eigenvalue weighted by atomic mass is 19.1. The fourth-order valence-electron chi connectivity index (χ4n) is 1.11. The van der Waals surface area contributed by atoms with E-state index in [4.69, 9.17) is 0 Å². The molecule has 0 aliphatic rings. The van der Waals surface area contributed by atoms with Gasteiger partial charge < -0.3 is 4.57 Å². The minimum Gasteiger partial charge on any atom is -0.306 e. The van der Waals surface area contributed by atoms with E-state index in [1.54, 1.807) is 35.4 Å². The van der Waals surface area contributed by atoms with Crippen LogP contribution in [0.2, 0.25) is 0 Å². The molecule has 0 amide bonds. The molecule has 1 radical (unpaired) electrons. The van der Waals surface area contributed by atoms with Crippen LogP contribution in [0.4, 0.5) is 4.39 Å². The maximum Gasteiger partial charge on any atom is 0.128 e. The van der Waals surface area contributed by atoms with Crippen molar-refractivity contribution < 1.29 is 4.39 Å². The van der Waals surface area contributed by atoms with Crippen molar-refractivity contribution in [1.82, 2.24) is 9.55 Å². The zero-order valence-electron chi connectivity index (χ0n) is 6.94. The largest absolute Gasteiger partial charge is 0.306 e. The van der Waals surface area contributed by atoms with E-state index >= 15 is 0 Å². The van der Waals surface area contributed by atoms with Gasteiger partial charge in [0.2, 0.25) is 0 Å². The second-order valence-corrected chi connectivity index (χ2v) is 2.75. The molecule has 13 heavy (non-hydrogen) atoms. The Balaban J connectivity index is 2.49. The first-order valence-electron chi connectivity index (χ1n) is 3.87. The number of aromatic nitrogens is 2. The van der Waals surface area contributed by atoms with E-state index in [0.717, 1.165) is 5.69 Å². The van der Waals surface area contributed by atoms with Crippen LogP contribution in [0.15, 0.2) is 36.9 Å². The van der Waals surface area contributed by atoms with Gasteiger partial charge in [-0.15, -0.1) is 0 Å². The molecule has 0 saturated heterocycles. The zero-order valence-corrected chi connectivity index (χ0v) is 6.94. The summed E-state index contributed by atoms with van der Waals surface area (Å²) in [5.74, 6) is -0.300. The zero-order chi connectivity index (χ0) is 9.26. The first kappa shape index (κ1) is 7.98. The van der Waals surface area contributed by atoms with Crippen molar-refractivity contribution >= 4 is 0 Å². The number of benzene rings is 1. The second kappa shape index (κ2) is 3.01. The van der Waals surface area contributed by atoms with Crippen LogP contribution >= 0.6 is 0 Å². The average Bonchev–Trinajstić information content (AvgIpc) is 2.62. The predicted molar refractivity (Wildman–Crippen MR) is 48.0 cm³/mol. The molecule has 1 aromatic carbocycles. The van der Waals surface area contributed by atoms with E-state index in [2.05, 4.69) is 11.9 Å². The van der Waals surface area contributed by atoms with Gasteiger partial charge in [-0.1, -0.05) is 6.07 Å². The summed E-state index contributed by atoms with van der Waals surface area (Å²) in [5, 5.41) is 0. The number of hydrogen-bond acceptors (Lipinski definition) is 1. The molecule has 0 fully saturated rings. The summed E-state index contributed by atoms with van der Waals surface area (Å²) in [7, 11) is 0. The second-order valence-electron chi connectivity index (χ2n) is 2.75. The molecule has 1 aromatic heterocycles. The molecule has 3 heteroatoms. The standard InChI is InChI=1S/C10H8FN2/c1-8-2-3-9(6-10(8)11)13-5-4-12-7-13/h2-7H,1H2. The number of rotatable bonds is 1. The van der Waals surface area contributed by atoms with E-state index in [1.807, 2.05) is 0 Å². The molecule has 0 atom stereocenters. The van der Waals surface area contributed by atoms with Gasteiger partial charge in [0.25, 0.3) is 0 Å². The Morgan fingerprint density at radius 2 is 2.23 bits per heavy atom. The Kier molecular flexibility index (Phi) is 1.85. The molecule has 0 unspecified atom stereocenters. The van der Waals surface area contributed by atoms with E-state index in [9.17, 15) is 4.39 Å². The van der Waals surface area contributed by atoms with Gasteiger partial charge in [0, 0.05) is 18.1 Å². The first-order valence-corrected chi connectivity index (χ1v) is 3.87. The average molecular weight is 175 g/mol. The quantitative estimate of drug-likeness (QED) is 0.649. The third kappa shape index (κ3) is 1.45. The smallest absolute Gasteiger partial charge is 0.128 e. The van der Waals surface area contributed by atoms with E-state index < -0.39 is 0 Å². The number of halogens is 1. The lowest BCUT2D eigenvalue weighted by molar-refractivity contribution is 0.621. The third-order valence-corrected chi connectivity index (χ3v) is 1.84. The molecular weight excluding hydrogens is 167 g/mol. The minimum absolute atomic E-state index is 0.300. The van der Waals surface area contributed by atoms with Crippen LogP contribution < -0.4 is 0 Å². The van der Waals surface area contributed by atoms with Gasteiger partial charge in [-0.25, -0.2) is 9.37 Å². The maximum atomic E-state index is 13.1. The van der Waals surface area contributed by atoms with E-state index in [1.165, 1.54) is 6.07 Å². The summed E-state index contributed by atoms with van der Waals surface area (Å²) in [6.07, 6.45) is 5.03. The minimum atomic E-state index is -0.300. The molecule has 65 valence electrons. The normalized spacial score (nSPS) is 10.3. The Hall–Kier alpha value is -1.64. The lowest BCUT2D eigenvalue weighted by Crippen LogP contribution is -1.92. The van der Waals surface area contributed by atoms with Crippen LogP contribution in [0.1, 0.15) is 5.56 Å². The van der Waals surface area contributed by atoms with Crippen molar-refractivity contribution in [2.24, 2.45) is 0 Å². The highest BCUT2D eigenvalue weighted by molar-refractivity contribution is 5.36. The number of hydrogen-bond donors (Lipinski definition) is 0. The number of nitrogens with zero attached hydrogens (tertiary/aromatic N) is 2. The summed E-state index contributed by atoms with van der Waals surface area (Å²) < 4.78 is 14.8. The Bertz CT molecular complexity index is 407. The highest BCUT2D eigenvalue weighted by Crippen LogP contribution is 2.12. The van der Waals surface area contributed by atoms with Crippen LogP contribution in [0.5, 0.6) is 0 Å². The molecule has 2 rings (SSSR count). The van der Waals surface area contributed by atoms with Gasteiger partial charge in [-0.05, 0) is 24.6 Å². The number of imidazole rings is 1. The lowest BCUT2D eigenvalue weighted by atomic mass is 10.2. The van der Waals surface area contributed by atoms with Gasteiger partial charge in [-0.2, -0.15) is 0 Å². The topological polar surface area (TPSA) is 17.8 Å². The summed E-state index contributed by atoms with van der Waals surface area (Å²) in [6.45, 7) is 3.54. The predicted octanol–water partition coefficient (Wildman–Crippen LogP) is 2.19. The molecule has 0 bridgehead atoms. The molecule has 0 spiro atoms. The molecule has 0 N–H and O–H groups in total. The van der Waals surface area contributed by atoms with Crippen LogP contribution in [-0.4, -0.2) is 9.55 Å². The molecule has 0 saturated carbocycles. The van der Waals surface area contributed by atoms with Crippen molar-refractivity contribution in [2.45, 2.75) is 0 Å². The van der Waals surface area contributed by atoms with E-state index in [-0.39, 0.29) is 5.82 Å². The molecule has 2 aromatic rings. The van der Waals surface area contributed by atoms with Crippen molar-refractivity contribution in [1.29, 1.82) is 0 Å². The van der Waals surface area contributed by atoms with E-state index in [0.29, 0.717) is 5.56 Å². The van der Waals surface area contributed by atoms with Gasteiger partial charge in [0.15, 0.2) is 0 Å². The van der Waals surface area contributed by atoms with Gasteiger partial charge in [-0.3, -0.25) is 0 Å². The van der Waals surface area contributed by atoms with Crippen molar-refractivity contribution in [3.05, 3.63) is 55.2 Å². The summed E-state index contributed by atoms with van der Waals surface area (Å²) >= 11 is 0. The van der Waals surface area contributed by atoms with Crippen LogP contribution in [0.25, 0.3) is 5.69 Å². The fourth-order valence-corrected chi connectivity index (χ4v) is 1.11. The Morgan fingerprint density at radius 3 is 2.85 bits per heavy atom. The maximum absolute atomic E-state index is 13.1. The SMILES string of the molecule is [CH2]c1ccc(-n2ccnc2)cc1F. The Labute approximate surface area is 75.7 Å². The summed E-state index contributed by atoms with van der Waals surface area (Å²) in [5.41, 5.74) is 1.16. The lowest BCUT2D eigenvalue weighted by Gasteiger charge is -2.02. The van der Waals surface area contributed by atoms with Crippen LogP contribution in [0, 0.1) is 12.7 Å². The summed E-state index contributed by atoms with van der Waals surface area (Å²) in [4.78, 5) is 3.88. The Morgan fingerprint density at radius 1 is 1.38 bits per heavy atom. The van der Waals surface area contributed by atoms with Gasteiger partial charge in [0.05, 0.1) is 6.33 Å². The monoisotopic (exact) mass is 175 g/mol. The van der Waals surface area contributed by atoms with Crippen molar-refractivity contribution in [3.8, 4) is 5.69 Å². The molecule has 1 heterocycles. The first-order chi connectivity index (χ1) is 6.27. The van der Waals surface area contributed by atoms with Crippen LogP contribution in [0.3, 0.4) is 0 Å². The third-order valence-electron chi connectivity index (χ3n) is 1.84. The van der Waals surface area contributed by atoms with Gasteiger partial charge >= 0.3 is 0 Å². The molecule has 0 aliphatic heterocycles. The summed E-state index contributed by atoms with van der Waals surface area (Å²) in [6, 6.07) is 4.88. The fraction of sp³-hybridized carbons (Fsp3) is 0. The van der Waals surface area contributed by atoms with Crippen molar-refractivity contribution in [3.63, 3.8) is 0 Å². The molecule has 2 nitrogen and oxygen atoms in total. The highest BCUT2D eigenvalue weighted by Gasteiger charge is 1.99. The molecular formula is C10H8FN2.